The number of hydrogen-bond acceptors (Lipinski definition) is 3. The zero-order chi connectivity index (χ0) is 20.9. The number of halogens is 1. The maximum atomic E-state index is 13.3. The summed E-state index contributed by atoms with van der Waals surface area (Å²) in [5, 5.41) is 0.456. The van der Waals surface area contributed by atoms with Gasteiger partial charge in [-0.05, 0) is 37.1 Å². The molecule has 2 aromatic rings. The molecular weight excluding hydrogens is 400 g/mol. The number of ether oxygens (including phenoxy) is 1. The number of nitrogens with zero attached hydrogens (tertiary/aromatic N) is 2. The van der Waals surface area contributed by atoms with Crippen molar-refractivity contribution in [2.45, 2.75) is 37.8 Å². The number of amides is 2. The van der Waals surface area contributed by atoms with E-state index in [9.17, 15) is 9.59 Å². The summed E-state index contributed by atoms with van der Waals surface area (Å²) in [5.41, 5.74) is 1.21. The summed E-state index contributed by atoms with van der Waals surface area (Å²) in [6.45, 7) is 1.93. The Morgan fingerprint density at radius 2 is 1.73 bits per heavy atom. The molecule has 0 aromatic heterocycles. The minimum absolute atomic E-state index is 0.0423. The Morgan fingerprint density at radius 3 is 2.47 bits per heavy atom. The third-order valence-electron chi connectivity index (χ3n) is 5.98. The highest BCUT2D eigenvalue weighted by Crippen LogP contribution is 2.26. The number of rotatable bonds is 5. The maximum absolute atomic E-state index is 13.3. The van der Waals surface area contributed by atoms with E-state index in [0.717, 1.165) is 25.7 Å². The average molecular weight is 427 g/mol. The van der Waals surface area contributed by atoms with Gasteiger partial charge in [-0.2, -0.15) is 0 Å². The van der Waals surface area contributed by atoms with Crippen molar-refractivity contribution in [1.82, 2.24) is 9.80 Å². The van der Waals surface area contributed by atoms with Gasteiger partial charge in [-0.15, -0.1) is 0 Å². The van der Waals surface area contributed by atoms with Crippen molar-refractivity contribution in [3.63, 3.8) is 0 Å². The average Bonchev–Trinajstić information content (AvgIpc) is 3.32. The van der Waals surface area contributed by atoms with Crippen LogP contribution in [0.5, 0.6) is 0 Å². The summed E-state index contributed by atoms with van der Waals surface area (Å²) >= 11 is 6.22. The molecule has 1 saturated carbocycles. The Hall–Kier alpha value is -2.37. The van der Waals surface area contributed by atoms with Gasteiger partial charge in [0.2, 0.25) is 0 Å². The van der Waals surface area contributed by atoms with Crippen LogP contribution in [0.3, 0.4) is 0 Å². The second-order valence-corrected chi connectivity index (χ2v) is 8.39. The van der Waals surface area contributed by atoms with E-state index in [1.165, 1.54) is 0 Å². The molecular formula is C24H27ClN2O3. The molecule has 2 aliphatic rings. The zero-order valence-electron chi connectivity index (χ0n) is 17.0. The van der Waals surface area contributed by atoms with E-state index in [-0.39, 0.29) is 24.0 Å². The molecule has 158 valence electrons. The van der Waals surface area contributed by atoms with Crippen LogP contribution in [0.25, 0.3) is 0 Å². The molecule has 1 heterocycles. The molecule has 6 heteroatoms. The van der Waals surface area contributed by atoms with Crippen molar-refractivity contribution in [3.05, 3.63) is 70.7 Å². The predicted octanol–water partition coefficient (Wildman–Crippen LogP) is 4.27. The molecule has 1 saturated heterocycles. The molecule has 0 spiro atoms. The maximum Gasteiger partial charge on any atom is 0.255 e. The minimum atomic E-state index is -0.210. The van der Waals surface area contributed by atoms with Gasteiger partial charge >= 0.3 is 0 Å². The largest absolute Gasteiger partial charge is 0.373 e. The quantitative estimate of drug-likeness (QED) is 0.717. The Bertz CT molecular complexity index is 883. The molecule has 1 unspecified atom stereocenters. The lowest BCUT2D eigenvalue weighted by Gasteiger charge is -2.38. The normalized spacial score (nSPS) is 19.6. The van der Waals surface area contributed by atoms with Crippen LogP contribution < -0.4 is 0 Å². The van der Waals surface area contributed by atoms with Crippen molar-refractivity contribution in [2.24, 2.45) is 0 Å². The highest BCUT2D eigenvalue weighted by Gasteiger charge is 2.33. The van der Waals surface area contributed by atoms with Crippen molar-refractivity contribution in [3.8, 4) is 0 Å². The fraction of sp³-hybridized carbons (Fsp3) is 0.417. The number of benzene rings is 2. The summed E-state index contributed by atoms with van der Waals surface area (Å²) in [4.78, 5) is 30.0. The first-order valence-corrected chi connectivity index (χ1v) is 11.0. The van der Waals surface area contributed by atoms with Gasteiger partial charge in [0, 0.05) is 31.2 Å². The Morgan fingerprint density at radius 1 is 1.03 bits per heavy atom. The van der Waals surface area contributed by atoms with Crippen LogP contribution in [0, 0.1) is 0 Å². The predicted molar refractivity (Wildman–Crippen MR) is 117 cm³/mol. The lowest BCUT2D eigenvalue weighted by Crippen LogP contribution is -2.52. The number of carbonyl (C=O) groups excluding carboxylic acids is 2. The van der Waals surface area contributed by atoms with Gasteiger partial charge in [0.1, 0.15) is 0 Å². The molecule has 2 aromatic carbocycles. The van der Waals surface area contributed by atoms with Gasteiger partial charge in [-0.3, -0.25) is 9.59 Å². The van der Waals surface area contributed by atoms with Gasteiger partial charge in [0.15, 0.2) is 0 Å². The number of hydrogen-bond donors (Lipinski definition) is 0. The first-order valence-electron chi connectivity index (χ1n) is 10.6. The van der Waals surface area contributed by atoms with Crippen molar-refractivity contribution in [1.29, 1.82) is 0 Å². The number of carbonyl (C=O) groups is 2. The molecule has 1 aliphatic carbocycles. The molecule has 2 amide bonds. The van der Waals surface area contributed by atoms with Crippen molar-refractivity contribution < 1.29 is 14.3 Å². The zero-order valence-corrected chi connectivity index (χ0v) is 17.8. The fourth-order valence-corrected chi connectivity index (χ4v) is 4.62. The van der Waals surface area contributed by atoms with Crippen molar-refractivity contribution >= 4 is 23.4 Å². The summed E-state index contributed by atoms with van der Waals surface area (Å²) in [6.07, 6.45) is 4.12. The minimum Gasteiger partial charge on any atom is -0.373 e. The van der Waals surface area contributed by atoms with E-state index >= 15 is 0 Å². The second-order valence-electron chi connectivity index (χ2n) is 7.99. The van der Waals surface area contributed by atoms with E-state index in [1.807, 2.05) is 47.4 Å². The summed E-state index contributed by atoms with van der Waals surface area (Å²) in [6, 6.07) is 16.8. The molecule has 0 bridgehead atoms. The van der Waals surface area contributed by atoms with E-state index in [0.29, 0.717) is 42.4 Å². The second kappa shape index (κ2) is 9.63. The topological polar surface area (TPSA) is 49.9 Å². The fourth-order valence-electron chi connectivity index (χ4n) is 4.40. The van der Waals surface area contributed by atoms with Gasteiger partial charge < -0.3 is 14.5 Å². The van der Waals surface area contributed by atoms with E-state index in [4.69, 9.17) is 16.3 Å². The van der Waals surface area contributed by atoms with Gasteiger partial charge in [0.25, 0.3) is 11.8 Å². The Kier molecular flexibility index (Phi) is 6.70. The van der Waals surface area contributed by atoms with Crippen LogP contribution in [-0.2, 0) is 4.74 Å². The lowest BCUT2D eigenvalue weighted by atomic mass is 10.1. The number of morpholine rings is 1. The van der Waals surface area contributed by atoms with Crippen LogP contribution in [0.4, 0.5) is 0 Å². The summed E-state index contributed by atoms with van der Waals surface area (Å²) in [5.74, 6) is -0.0450. The van der Waals surface area contributed by atoms with Gasteiger partial charge in [0.05, 0.1) is 23.3 Å². The van der Waals surface area contributed by atoms with Crippen LogP contribution in [0.1, 0.15) is 46.4 Å². The molecule has 30 heavy (non-hydrogen) atoms. The molecule has 2 fully saturated rings. The third-order valence-corrected chi connectivity index (χ3v) is 6.31. The Balaban J connectivity index is 1.48. The van der Waals surface area contributed by atoms with Crippen LogP contribution >= 0.6 is 11.6 Å². The Labute approximate surface area is 182 Å². The van der Waals surface area contributed by atoms with E-state index in [1.54, 1.807) is 17.0 Å². The van der Waals surface area contributed by atoms with E-state index < -0.39 is 0 Å². The van der Waals surface area contributed by atoms with Crippen molar-refractivity contribution in [2.75, 3.05) is 26.2 Å². The smallest absolute Gasteiger partial charge is 0.255 e. The highest BCUT2D eigenvalue weighted by atomic mass is 35.5. The van der Waals surface area contributed by atoms with Crippen LogP contribution in [-0.4, -0.2) is 60.0 Å². The monoisotopic (exact) mass is 426 g/mol. The summed E-state index contributed by atoms with van der Waals surface area (Å²) in [7, 11) is 0. The van der Waals surface area contributed by atoms with Crippen LogP contribution in [0.2, 0.25) is 5.02 Å². The summed E-state index contributed by atoms with van der Waals surface area (Å²) < 4.78 is 5.98. The lowest BCUT2D eigenvalue weighted by molar-refractivity contribution is -0.0370. The van der Waals surface area contributed by atoms with Crippen LogP contribution in [0.15, 0.2) is 54.6 Å². The van der Waals surface area contributed by atoms with Gasteiger partial charge in [-0.25, -0.2) is 0 Å². The molecule has 5 nitrogen and oxygen atoms in total. The molecule has 0 radical (unpaired) electrons. The third kappa shape index (κ3) is 4.68. The molecule has 1 aliphatic heterocycles. The van der Waals surface area contributed by atoms with E-state index in [2.05, 4.69) is 0 Å². The van der Waals surface area contributed by atoms with Gasteiger partial charge in [-0.1, -0.05) is 54.8 Å². The molecule has 1 atom stereocenters. The highest BCUT2D eigenvalue weighted by molar-refractivity contribution is 6.33. The standard InChI is InChI=1S/C24H27ClN2O3/c25-22-13-7-6-12-21(22)24(29)26-14-15-30-20(16-26)17-27(19-10-4-5-11-19)23(28)18-8-2-1-3-9-18/h1-3,6-9,12-13,19-20H,4-5,10-11,14-17H2. The first-order chi connectivity index (χ1) is 14.6. The first kappa shape index (κ1) is 20.9. The SMILES string of the molecule is O=C(c1ccccc1Cl)N1CCOC(CN(C(=O)c2ccccc2)C2CCCC2)C1. The molecule has 0 N–H and O–H groups in total. The molecule has 4 rings (SSSR count).